The van der Waals surface area contributed by atoms with Gasteiger partial charge in [-0.1, -0.05) is 48.5 Å². The molecule has 0 saturated carbocycles. The average Bonchev–Trinajstić information content (AvgIpc) is 3.72. The topological polar surface area (TPSA) is 71.9 Å². The number of carbonyl (C=O) groups excluding carboxylic acids is 1. The summed E-state index contributed by atoms with van der Waals surface area (Å²) in [6.07, 6.45) is 2.92. The fraction of sp³-hybridized carbons (Fsp3) is 0.316. The van der Waals surface area contributed by atoms with Gasteiger partial charge in [0.05, 0.1) is 17.6 Å². The second-order valence-corrected chi connectivity index (χ2v) is 12.5. The van der Waals surface area contributed by atoms with E-state index >= 15 is 0 Å². The van der Waals surface area contributed by atoms with Crippen LogP contribution in [0.5, 0.6) is 11.5 Å². The maximum absolute atomic E-state index is 13.6. The molecule has 1 N–H and O–H groups in total. The summed E-state index contributed by atoms with van der Waals surface area (Å²) in [5, 5.41) is 3.74. The second-order valence-electron chi connectivity index (χ2n) is 12.5. The number of ether oxygens (including phenoxy) is 2. The number of imidazole rings is 1. The zero-order valence-electron chi connectivity index (χ0n) is 26.6. The van der Waals surface area contributed by atoms with Gasteiger partial charge in [0.25, 0.3) is 5.91 Å². The van der Waals surface area contributed by atoms with Crippen molar-refractivity contribution in [3.8, 4) is 11.5 Å². The summed E-state index contributed by atoms with van der Waals surface area (Å²) in [5.74, 6) is 2.31. The SMILES string of the molecule is CN(C[C@H](CCN1CCC(Nc2nc3ccccc3n2Cc2ccc(F)cc2)CC1)c1ccc2c(c1)OCO2)C(=O)c1ccccc1. The van der Waals surface area contributed by atoms with Crippen LogP contribution >= 0.6 is 0 Å². The van der Waals surface area contributed by atoms with E-state index in [-0.39, 0.29) is 24.4 Å². The molecule has 242 valence electrons. The Morgan fingerprint density at radius 1 is 0.957 bits per heavy atom. The maximum Gasteiger partial charge on any atom is 0.253 e. The Balaban J connectivity index is 0.997. The monoisotopic (exact) mass is 633 g/mol. The molecular weight excluding hydrogens is 593 g/mol. The minimum Gasteiger partial charge on any atom is -0.454 e. The van der Waals surface area contributed by atoms with Crippen LogP contribution in [0.3, 0.4) is 0 Å². The number of anilines is 1. The summed E-state index contributed by atoms with van der Waals surface area (Å²) in [6, 6.07) is 30.7. The molecule has 0 spiro atoms. The Hall–Kier alpha value is -4.89. The maximum atomic E-state index is 13.6. The van der Waals surface area contributed by atoms with Crippen LogP contribution in [0.2, 0.25) is 0 Å². The molecule has 4 aromatic carbocycles. The number of hydrogen-bond donors (Lipinski definition) is 1. The van der Waals surface area contributed by atoms with Crippen LogP contribution in [0.4, 0.5) is 10.3 Å². The van der Waals surface area contributed by atoms with Gasteiger partial charge in [-0.2, -0.15) is 0 Å². The van der Waals surface area contributed by atoms with Crippen molar-refractivity contribution in [2.75, 3.05) is 45.3 Å². The largest absolute Gasteiger partial charge is 0.454 e. The standard InChI is InChI=1S/C38H40FN5O3/c1-42(37(45)28-7-3-2-4-8-28)25-30(29-13-16-35-36(23-29)47-26-46-35)17-20-43-21-18-32(19-22-43)40-38-41-33-9-5-6-10-34(33)44(38)24-27-11-14-31(39)15-12-27/h2-16,23,30,32H,17-22,24-26H2,1H3,(H,40,41)/t30-/m0/s1. The van der Waals surface area contributed by atoms with Gasteiger partial charge in [0.1, 0.15) is 5.82 Å². The average molecular weight is 634 g/mol. The minimum atomic E-state index is -0.232. The van der Waals surface area contributed by atoms with E-state index in [9.17, 15) is 9.18 Å². The normalized spacial score (nSPS) is 15.5. The summed E-state index contributed by atoms with van der Waals surface area (Å²) in [4.78, 5) is 22.5. The van der Waals surface area contributed by atoms with Crippen molar-refractivity contribution in [1.82, 2.24) is 19.4 Å². The lowest BCUT2D eigenvalue weighted by molar-refractivity contribution is 0.0782. The molecule has 8 nitrogen and oxygen atoms in total. The van der Waals surface area contributed by atoms with E-state index in [0.29, 0.717) is 24.7 Å². The van der Waals surface area contributed by atoms with E-state index in [2.05, 4.69) is 33.0 Å². The number of likely N-dealkylation sites (tertiary alicyclic amines) is 1. The molecule has 5 aromatic rings. The van der Waals surface area contributed by atoms with Crippen LogP contribution in [0, 0.1) is 5.82 Å². The number of halogens is 1. The Morgan fingerprint density at radius 3 is 2.51 bits per heavy atom. The number of amides is 1. The fourth-order valence-electron chi connectivity index (χ4n) is 6.69. The molecule has 2 aliphatic heterocycles. The predicted molar refractivity (Wildman–Crippen MR) is 182 cm³/mol. The first-order valence-electron chi connectivity index (χ1n) is 16.4. The highest BCUT2D eigenvalue weighted by Crippen LogP contribution is 2.36. The van der Waals surface area contributed by atoms with Gasteiger partial charge < -0.3 is 29.2 Å². The van der Waals surface area contributed by atoms with Crippen molar-refractivity contribution < 1.29 is 18.7 Å². The van der Waals surface area contributed by atoms with Crippen molar-refractivity contribution >= 4 is 22.9 Å². The fourth-order valence-corrected chi connectivity index (χ4v) is 6.69. The molecular formula is C38H40FN5O3. The van der Waals surface area contributed by atoms with Crippen LogP contribution < -0.4 is 14.8 Å². The lowest BCUT2D eigenvalue weighted by atomic mass is 9.93. The van der Waals surface area contributed by atoms with E-state index in [0.717, 1.165) is 78.5 Å². The first-order valence-corrected chi connectivity index (χ1v) is 16.4. The van der Waals surface area contributed by atoms with Crippen LogP contribution in [0.15, 0.2) is 97.1 Å². The number of fused-ring (bicyclic) bond motifs is 2. The molecule has 47 heavy (non-hydrogen) atoms. The number of piperidine rings is 1. The van der Waals surface area contributed by atoms with Gasteiger partial charge in [-0.05, 0) is 85.5 Å². The molecule has 1 amide bonds. The molecule has 3 heterocycles. The zero-order valence-corrected chi connectivity index (χ0v) is 26.6. The van der Waals surface area contributed by atoms with Crippen molar-refractivity contribution in [1.29, 1.82) is 0 Å². The Morgan fingerprint density at radius 2 is 1.70 bits per heavy atom. The van der Waals surface area contributed by atoms with Gasteiger partial charge in [-0.25, -0.2) is 9.37 Å². The molecule has 0 unspecified atom stereocenters. The summed E-state index contributed by atoms with van der Waals surface area (Å²) in [5.41, 5.74) is 4.88. The number of nitrogens with zero attached hydrogens (tertiary/aromatic N) is 4. The first-order chi connectivity index (χ1) is 23.0. The van der Waals surface area contributed by atoms with Crippen LogP contribution in [0.1, 0.15) is 46.7 Å². The molecule has 0 radical (unpaired) electrons. The molecule has 9 heteroatoms. The van der Waals surface area contributed by atoms with Crippen molar-refractivity contribution in [3.63, 3.8) is 0 Å². The smallest absolute Gasteiger partial charge is 0.253 e. The molecule has 1 aromatic heterocycles. The highest BCUT2D eigenvalue weighted by atomic mass is 19.1. The van der Waals surface area contributed by atoms with Crippen LogP contribution in [0.25, 0.3) is 11.0 Å². The van der Waals surface area contributed by atoms with Gasteiger partial charge in [0.2, 0.25) is 12.7 Å². The van der Waals surface area contributed by atoms with Crippen molar-refractivity contribution in [2.24, 2.45) is 0 Å². The Bertz CT molecular complexity index is 1820. The third-order valence-corrected chi connectivity index (χ3v) is 9.35. The van der Waals surface area contributed by atoms with E-state index in [1.54, 1.807) is 0 Å². The quantitative estimate of drug-likeness (QED) is 0.173. The van der Waals surface area contributed by atoms with E-state index in [1.807, 2.05) is 78.7 Å². The molecule has 7 rings (SSSR count). The number of rotatable bonds is 11. The van der Waals surface area contributed by atoms with E-state index in [4.69, 9.17) is 14.5 Å². The van der Waals surface area contributed by atoms with Crippen LogP contribution in [-0.4, -0.2) is 71.3 Å². The summed E-state index contributed by atoms with van der Waals surface area (Å²) in [7, 11) is 1.88. The van der Waals surface area contributed by atoms with E-state index < -0.39 is 0 Å². The number of likely N-dealkylation sites (N-methyl/N-ethyl adjacent to an activating group) is 1. The molecule has 0 bridgehead atoms. The van der Waals surface area contributed by atoms with Gasteiger partial charge >= 0.3 is 0 Å². The summed E-state index contributed by atoms with van der Waals surface area (Å²) >= 11 is 0. The van der Waals surface area contributed by atoms with Gasteiger partial charge in [0, 0.05) is 44.2 Å². The number of benzene rings is 4. The number of carbonyl (C=O) groups is 1. The highest BCUT2D eigenvalue weighted by Gasteiger charge is 2.25. The third-order valence-electron chi connectivity index (χ3n) is 9.35. The van der Waals surface area contributed by atoms with Crippen molar-refractivity contribution in [3.05, 3.63) is 120 Å². The highest BCUT2D eigenvalue weighted by molar-refractivity contribution is 5.94. The Labute approximate surface area is 274 Å². The number of para-hydroxylation sites is 2. The lowest BCUT2D eigenvalue weighted by Gasteiger charge is -2.34. The van der Waals surface area contributed by atoms with E-state index in [1.165, 1.54) is 12.1 Å². The van der Waals surface area contributed by atoms with Crippen LogP contribution in [-0.2, 0) is 6.54 Å². The summed E-state index contributed by atoms with van der Waals surface area (Å²) in [6.45, 7) is 4.34. The zero-order chi connectivity index (χ0) is 32.2. The molecule has 1 saturated heterocycles. The van der Waals surface area contributed by atoms with Crippen molar-refractivity contribution in [2.45, 2.75) is 37.8 Å². The molecule has 1 fully saturated rings. The first kappa shape index (κ1) is 30.7. The number of nitrogens with one attached hydrogen (secondary N) is 1. The molecule has 1 atom stereocenters. The van der Waals surface area contributed by atoms with Gasteiger partial charge in [-0.15, -0.1) is 0 Å². The van der Waals surface area contributed by atoms with Gasteiger partial charge in [0.15, 0.2) is 11.5 Å². The van der Waals surface area contributed by atoms with Gasteiger partial charge in [-0.3, -0.25) is 4.79 Å². The second kappa shape index (κ2) is 13.8. The molecule has 2 aliphatic rings. The Kier molecular flexibility index (Phi) is 9.06. The minimum absolute atomic E-state index is 0.0219. The lowest BCUT2D eigenvalue weighted by Crippen LogP contribution is -2.40. The number of aromatic nitrogens is 2. The predicted octanol–water partition coefficient (Wildman–Crippen LogP) is 6.77. The number of hydrogen-bond acceptors (Lipinski definition) is 6. The third kappa shape index (κ3) is 7.10. The molecule has 0 aliphatic carbocycles. The summed E-state index contributed by atoms with van der Waals surface area (Å²) < 4.78 is 27.0.